The molecular weight excluding hydrogens is 328 g/mol. The van der Waals surface area contributed by atoms with Crippen LogP contribution in [0.25, 0.3) is 11.3 Å². The Morgan fingerprint density at radius 2 is 2.21 bits per heavy atom. The van der Waals surface area contributed by atoms with Crippen LogP contribution in [-0.4, -0.2) is 11.2 Å². The smallest absolute Gasteiger partial charge is 0.252 e. The molecule has 3 rings (SSSR count). The Bertz CT molecular complexity index is 921. The molecule has 0 aliphatic rings. The lowest BCUT2D eigenvalue weighted by atomic mass is 10.2. The predicted octanol–water partition coefficient (Wildman–Crippen LogP) is 4.47. The summed E-state index contributed by atoms with van der Waals surface area (Å²) in [6, 6.07) is 12.9. The Morgan fingerprint density at radius 1 is 1.33 bits per heavy atom. The molecule has 0 fully saturated rings. The van der Waals surface area contributed by atoms with E-state index >= 15 is 0 Å². The molecule has 0 spiro atoms. The van der Waals surface area contributed by atoms with Crippen molar-refractivity contribution in [3.05, 3.63) is 58.8 Å². The molecule has 0 unspecified atom stereocenters. The third-order valence-electron chi connectivity index (χ3n) is 3.17. The van der Waals surface area contributed by atoms with Crippen molar-refractivity contribution in [2.45, 2.75) is 13.3 Å². The molecule has 3 aromatic rings. The topological polar surface area (TPSA) is 87.4 Å². The van der Waals surface area contributed by atoms with Crippen LogP contribution in [0.1, 0.15) is 24.3 Å². The summed E-state index contributed by atoms with van der Waals surface area (Å²) in [5.41, 5.74) is 3.71. The molecule has 0 aliphatic heterocycles. The van der Waals surface area contributed by atoms with E-state index in [4.69, 9.17) is 25.7 Å². The Morgan fingerprint density at radius 3 is 2.96 bits per heavy atom. The van der Waals surface area contributed by atoms with Crippen LogP contribution in [0.4, 0.5) is 5.88 Å². The first kappa shape index (κ1) is 15.8. The minimum absolute atomic E-state index is 0.170. The fourth-order valence-corrected chi connectivity index (χ4v) is 2.23. The molecule has 0 saturated carbocycles. The van der Waals surface area contributed by atoms with Crippen molar-refractivity contribution in [3.63, 3.8) is 0 Å². The molecule has 6 nitrogen and oxygen atoms in total. The number of nitrogens with one attached hydrogen (secondary N) is 1. The van der Waals surface area contributed by atoms with E-state index in [1.807, 2.05) is 37.3 Å². The fourth-order valence-electron chi connectivity index (χ4n) is 2.04. The van der Waals surface area contributed by atoms with Crippen LogP contribution in [-0.2, 0) is 6.42 Å². The summed E-state index contributed by atoms with van der Waals surface area (Å²) >= 11 is 5.97. The van der Waals surface area contributed by atoms with Gasteiger partial charge >= 0.3 is 0 Å². The van der Waals surface area contributed by atoms with Crippen LogP contribution in [0.15, 0.2) is 50.3 Å². The number of hydrazone groups is 1. The number of hydrogen-bond acceptors (Lipinski definition) is 6. The number of rotatable bonds is 5. The Balaban J connectivity index is 1.72. The van der Waals surface area contributed by atoms with E-state index in [1.54, 1.807) is 12.1 Å². The summed E-state index contributed by atoms with van der Waals surface area (Å²) in [5.74, 6) is 1.92. The van der Waals surface area contributed by atoms with Crippen molar-refractivity contribution < 1.29 is 8.83 Å². The molecule has 7 heteroatoms. The lowest BCUT2D eigenvalue weighted by Gasteiger charge is -1.97. The third-order valence-corrected chi connectivity index (χ3v) is 3.41. The largest absolute Gasteiger partial charge is 0.455 e. The van der Waals surface area contributed by atoms with Gasteiger partial charge in [-0.3, -0.25) is 0 Å². The van der Waals surface area contributed by atoms with Gasteiger partial charge in [0.25, 0.3) is 5.88 Å². The number of aromatic nitrogens is 1. The van der Waals surface area contributed by atoms with E-state index in [-0.39, 0.29) is 11.6 Å². The molecule has 0 aliphatic carbocycles. The number of nitrogens with zero attached hydrogens (tertiary/aromatic N) is 3. The van der Waals surface area contributed by atoms with Crippen molar-refractivity contribution in [2.24, 2.45) is 5.10 Å². The number of halogens is 1. The van der Waals surface area contributed by atoms with Gasteiger partial charge in [-0.25, -0.2) is 10.4 Å². The van der Waals surface area contributed by atoms with Gasteiger partial charge in [0.2, 0.25) is 5.69 Å². The molecule has 2 heterocycles. The summed E-state index contributed by atoms with van der Waals surface area (Å²) in [7, 11) is 0. The lowest BCUT2D eigenvalue weighted by Crippen LogP contribution is -1.90. The zero-order valence-electron chi connectivity index (χ0n) is 12.8. The molecule has 1 N–H and O–H groups in total. The van der Waals surface area contributed by atoms with E-state index in [9.17, 15) is 0 Å². The van der Waals surface area contributed by atoms with E-state index in [1.165, 1.54) is 6.21 Å². The highest BCUT2D eigenvalue weighted by Gasteiger charge is 2.10. The highest BCUT2D eigenvalue weighted by molar-refractivity contribution is 6.30. The first-order chi connectivity index (χ1) is 11.7. The fraction of sp³-hybridized carbons (Fsp3) is 0.118. The molecule has 0 bridgehead atoms. The quantitative estimate of drug-likeness (QED) is 0.547. The molecule has 2 aromatic heterocycles. The molecule has 1 aromatic carbocycles. The monoisotopic (exact) mass is 340 g/mol. The van der Waals surface area contributed by atoms with E-state index in [0.29, 0.717) is 28.9 Å². The van der Waals surface area contributed by atoms with Gasteiger partial charge in [0, 0.05) is 17.0 Å². The van der Waals surface area contributed by atoms with Crippen LogP contribution in [0.5, 0.6) is 0 Å². The van der Waals surface area contributed by atoms with Crippen LogP contribution in [0, 0.1) is 11.3 Å². The number of aryl methyl sites for hydroxylation is 1. The van der Waals surface area contributed by atoms with Crippen molar-refractivity contribution in [1.82, 2.24) is 4.98 Å². The van der Waals surface area contributed by atoms with Gasteiger partial charge in [-0.05, 0) is 24.3 Å². The van der Waals surface area contributed by atoms with Gasteiger partial charge < -0.3 is 8.83 Å². The van der Waals surface area contributed by atoms with Gasteiger partial charge in [0.05, 0.1) is 6.21 Å². The number of nitriles is 1. The van der Waals surface area contributed by atoms with Crippen molar-refractivity contribution in [2.75, 3.05) is 5.43 Å². The first-order valence-corrected chi connectivity index (χ1v) is 7.62. The van der Waals surface area contributed by atoms with Gasteiger partial charge in [-0.2, -0.15) is 10.4 Å². The lowest BCUT2D eigenvalue weighted by molar-refractivity contribution is 0.513. The molecular formula is C17H13ClN4O2. The molecule has 0 saturated heterocycles. The van der Waals surface area contributed by atoms with Crippen molar-refractivity contribution >= 4 is 23.7 Å². The van der Waals surface area contributed by atoms with Crippen molar-refractivity contribution in [3.8, 4) is 17.4 Å². The average molecular weight is 341 g/mol. The normalized spacial score (nSPS) is 10.9. The molecule has 24 heavy (non-hydrogen) atoms. The first-order valence-electron chi connectivity index (χ1n) is 7.24. The summed E-state index contributed by atoms with van der Waals surface area (Å²) in [6.07, 6.45) is 2.09. The maximum absolute atomic E-state index is 9.00. The molecule has 0 amide bonds. The van der Waals surface area contributed by atoms with E-state index in [0.717, 1.165) is 5.56 Å². The van der Waals surface area contributed by atoms with Gasteiger partial charge in [0.15, 0.2) is 5.89 Å². The second-order valence-corrected chi connectivity index (χ2v) is 5.27. The second-order valence-electron chi connectivity index (χ2n) is 4.83. The number of furan rings is 1. The second kappa shape index (κ2) is 7.02. The predicted molar refractivity (Wildman–Crippen MR) is 91.0 cm³/mol. The van der Waals surface area contributed by atoms with Crippen LogP contribution in [0.2, 0.25) is 5.02 Å². The summed E-state index contributed by atoms with van der Waals surface area (Å²) in [4.78, 5) is 4.02. The van der Waals surface area contributed by atoms with Gasteiger partial charge in [-0.15, -0.1) is 0 Å². The molecule has 120 valence electrons. The average Bonchev–Trinajstić information content (AvgIpc) is 3.21. The number of hydrogen-bond donors (Lipinski definition) is 1. The minimum Gasteiger partial charge on any atom is -0.455 e. The van der Waals surface area contributed by atoms with Gasteiger partial charge in [-0.1, -0.05) is 30.7 Å². The standard InChI is InChI=1S/C17H13ClN4O2/c1-2-16-21-14(9-19)17(24-16)22-20-10-13-6-7-15(23-13)11-4-3-5-12(18)8-11/h3-8,10,22H,2H2,1H3/b20-10-. The maximum atomic E-state index is 9.00. The number of benzene rings is 1. The molecule has 0 radical (unpaired) electrons. The van der Waals surface area contributed by atoms with Crippen LogP contribution in [0.3, 0.4) is 0 Å². The van der Waals surface area contributed by atoms with Crippen LogP contribution < -0.4 is 5.43 Å². The zero-order valence-corrected chi connectivity index (χ0v) is 13.5. The zero-order chi connectivity index (χ0) is 16.9. The Kier molecular flexibility index (Phi) is 4.64. The SMILES string of the molecule is CCc1nc(C#N)c(N/N=C\c2ccc(-c3cccc(Cl)c3)o2)o1. The minimum atomic E-state index is 0.170. The molecule has 0 atom stereocenters. The van der Waals surface area contributed by atoms with E-state index < -0.39 is 0 Å². The maximum Gasteiger partial charge on any atom is 0.252 e. The summed E-state index contributed by atoms with van der Waals surface area (Å²) in [5, 5.41) is 13.7. The highest BCUT2D eigenvalue weighted by Crippen LogP contribution is 2.24. The van der Waals surface area contributed by atoms with Crippen LogP contribution >= 0.6 is 11.6 Å². The Hall–Kier alpha value is -3.04. The number of oxazole rings is 1. The van der Waals surface area contributed by atoms with Gasteiger partial charge in [0.1, 0.15) is 17.6 Å². The Labute approximate surface area is 143 Å². The summed E-state index contributed by atoms with van der Waals surface area (Å²) in [6.45, 7) is 1.89. The highest BCUT2D eigenvalue weighted by atomic mass is 35.5. The number of anilines is 1. The third kappa shape index (κ3) is 3.47. The van der Waals surface area contributed by atoms with E-state index in [2.05, 4.69) is 15.5 Å². The van der Waals surface area contributed by atoms with Crippen molar-refractivity contribution in [1.29, 1.82) is 5.26 Å². The summed E-state index contributed by atoms with van der Waals surface area (Å²) < 4.78 is 11.1.